The van der Waals surface area contributed by atoms with Gasteiger partial charge in [-0.3, -0.25) is 0 Å². The van der Waals surface area contributed by atoms with Crippen LogP contribution in [-0.4, -0.2) is 23.9 Å². The monoisotopic (exact) mass is 310 g/mol. The van der Waals surface area contributed by atoms with E-state index in [2.05, 4.69) is 32.6 Å². The Morgan fingerprint density at radius 3 is 2.57 bits per heavy atom. The highest BCUT2D eigenvalue weighted by atomic mass is 16.5. The molecule has 1 heterocycles. The Hall–Kier alpha value is -2.77. The third-order valence-corrected chi connectivity index (χ3v) is 3.17. The van der Waals surface area contributed by atoms with Crippen LogP contribution in [-0.2, 0) is 0 Å². The Labute approximate surface area is 136 Å². The molecule has 4 heteroatoms. The number of ether oxygens (including phenoxy) is 1. The molecule has 0 atom stereocenters. The summed E-state index contributed by atoms with van der Waals surface area (Å²) < 4.78 is 7.30. The van der Waals surface area contributed by atoms with Crippen molar-refractivity contribution in [3.05, 3.63) is 58.2 Å². The normalized spacial score (nSPS) is 10.3. The lowest BCUT2D eigenvalue weighted by molar-refractivity contribution is 0.399. The molecule has 0 fully saturated rings. The molecule has 2 aromatic rings. The Morgan fingerprint density at radius 1 is 1.30 bits per heavy atom. The number of benzene rings is 1. The average Bonchev–Trinajstić information content (AvgIpc) is 2.94. The number of nitrogens with zero attached hydrogens (tertiary/aromatic N) is 2. The van der Waals surface area contributed by atoms with Crippen molar-refractivity contribution >= 4 is 12.7 Å². The summed E-state index contributed by atoms with van der Waals surface area (Å²) >= 11 is 0. The van der Waals surface area contributed by atoms with E-state index in [0.717, 1.165) is 23.4 Å². The summed E-state index contributed by atoms with van der Waals surface area (Å²) in [5.74, 6) is 0.572. The summed E-state index contributed by atoms with van der Waals surface area (Å²) in [5, 5.41) is 18.0. The van der Waals surface area contributed by atoms with Crippen LogP contribution in [0.1, 0.15) is 19.4 Å². The summed E-state index contributed by atoms with van der Waals surface area (Å²) in [6.45, 7) is 8.16. The summed E-state index contributed by atoms with van der Waals surface area (Å²) in [4.78, 5) is 0. The second kappa shape index (κ2) is 8.62. The predicted molar refractivity (Wildman–Crippen MR) is 93.8 cm³/mol. The van der Waals surface area contributed by atoms with E-state index in [4.69, 9.17) is 15.1 Å². The zero-order valence-electron chi connectivity index (χ0n) is 14.0. The van der Waals surface area contributed by atoms with Gasteiger partial charge in [0.2, 0.25) is 0 Å². The van der Waals surface area contributed by atoms with E-state index in [9.17, 15) is 0 Å². The molecule has 0 unspecified atom stereocenters. The fourth-order valence-corrected chi connectivity index (χ4v) is 2.07. The maximum Gasteiger partial charge on any atom is 0.138 e. The molecular weight excluding hydrogens is 288 g/mol. The number of aliphatic hydroxyl groups excluding tert-OH is 1. The minimum atomic E-state index is 0.526. The van der Waals surface area contributed by atoms with Gasteiger partial charge in [-0.15, -0.1) is 0 Å². The lowest BCUT2D eigenvalue weighted by atomic mass is 10.2. The standard InChI is InChI=1S/C18H18N2O.CH4O/c1-13(2)5-8-17-14(3)9-10-20(17)16-7-6-15(12-19)18(11-16)21-4;1-2/h5-11H,3H2,1-2,4H3;2H,1H3/b17-8+;. The maximum atomic E-state index is 9.05. The summed E-state index contributed by atoms with van der Waals surface area (Å²) in [6.07, 6.45) is 6.07. The van der Waals surface area contributed by atoms with Gasteiger partial charge in [0, 0.05) is 25.1 Å². The number of methoxy groups -OCH3 is 1. The molecule has 0 spiro atoms. The highest BCUT2D eigenvalue weighted by Crippen LogP contribution is 2.20. The van der Waals surface area contributed by atoms with E-state index in [1.807, 2.05) is 35.0 Å². The zero-order valence-corrected chi connectivity index (χ0v) is 14.0. The van der Waals surface area contributed by atoms with E-state index in [1.54, 1.807) is 13.2 Å². The van der Waals surface area contributed by atoms with Gasteiger partial charge in [0.25, 0.3) is 0 Å². The summed E-state index contributed by atoms with van der Waals surface area (Å²) in [5.41, 5.74) is 2.69. The molecule has 120 valence electrons. The highest BCUT2D eigenvalue weighted by Gasteiger charge is 2.05. The predicted octanol–water partition coefficient (Wildman–Crippen LogP) is 2.12. The number of aliphatic hydroxyl groups is 1. The van der Waals surface area contributed by atoms with Crippen LogP contribution in [0.15, 0.2) is 42.1 Å². The van der Waals surface area contributed by atoms with Crippen molar-refractivity contribution in [2.75, 3.05) is 14.2 Å². The van der Waals surface area contributed by atoms with Crippen molar-refractivity contribution in [1.29, 1.82) is 5.26 Å². The fraction of sp³-hybridized carbons (Fsp3) is 0.211. The molecular formula is C19H22N2O2. The smallest absolute Gasteiger partial charge is 0.138 e. The maximum absolute atomic E-state index is 9.05. The van der Waals surface area contributed by atoms with E-state index in [-0.39, 0.29) is 0 Å². The quantitative estimate of drug-likeness (QED) is 0.945. The number of aromatic nitrogens is 1. The zero-order chi connectivity index (χ0) is 17.4. The van der Waals surface area contributed by atoms with Gasteiger partial charge >= 0.3 is 0 Å². The van der Waals surface area contributed by atoms with Crippen molar-refractivity contribution < 1.29 is 9.84 Å². The fourth-order valence-electron chi connectivity index (χ4n) is 2.07. The average molecular weight is 310 g/mol. The third-order valence-electron chi connectivity index (χ3n) is 3.17. The molecule has 0 radical (unpaired) electrons. The molecule has 0 aliphatic heterocycles. The number of hydrogen-bond donors (Lipinski definition) is 1. The summed E-state index contributed by atoms with van der Waals surface area (Å²) in [7, 11) is 2.57. The Kier molecular flexibility index (Phi) is 6.85. The van der Waals surface area contributed by atoms with Crippen molar-refractivity contribution in [1.82, 2.24) is 4.57 Å². The van der Waals surface area contributed by atoms with Crippen LogP contribution < -0.4 is 15.3 Å². The topological polar surface area (TPSA) is 58.2 Å². The molecule has 1 aromatic carbocycles. The highest BCUT2D eigenvalue weighted by molar-refractivity contribution is 5.51. The lowest BCUT2D eigenvalue weighted by Gasteiger charge is -2.08. The van der Waals surface area contributed by atoms with Crippen LogP contribution in [0.5, 0.6) is 5.75 Å². The van der Waals surface area contributed by atoms with Crippen LogP contribution >= 0.6 is 0 Å². The molecule has 0 aliphatic rings. The number of rotatable bonds is 3. The van der Waals surface area contributed by atoms with Crippen molar-refractivity contribution in [2.24, 2.45) is 0 Å². The van der Waals surface area contributed by atoms with Crippen molar-refractivity contribution in [2.45, 2.75) is 13.8 Å². The van der Waals surface area contributed by atoms with Gasteiger partial charge in [0.1, 0.15) is 11.8 Å². The van der Waals surface area contributed by atoms with Crippen molar-refractivity contribution in [3.8, 4) is 17.5 Å². The third kappa shape index (κ3) is 4.35. The first-order valence-corrected chi connectivity index (χ1v) is 7.11. The van der Waals surface area contributed by atoms with Crippen LogP contribution in [0.25, 0.3) is 18.3 Å². The van der Waals surface area contributed by atoms with Crippen LogP contribution in [0, 0.1) is 11.3 Å². The number of nitriles is 1. The lowest BCUT2D eigenvalue weighted by Crippen LogP contribution is -2.26. The van der Waals surface area contributed by atoms with E-state index in [1.165, 1.54) is 5.57 Å². The number of allylic oxidation sites excluding steroid dienone is 2. The molecule has 0 aliphatic carbocycles. The molecule has 2 rings (SSSR count). The first-order valence-electron chi connectivity index (χ1n) is 7.11. The van der Waals surface area contributed by atoms with Gasteiger partial charge < -0.3 is 14.4 Å². The molecule has 4 nitrogen and oxygen atoms in total. The minimum absolute atomic E-state index is 0.526. The Morgan fingerprint density at radius 2 is 2.00 bits per heavy atom. The largest absolute Gasteiger partial charge is 0.495 e. The van der Waals surface area contributed by atoms with Gasteiger partial charge in [-0.25, -0.2) is 0 Å². The molecule has 1 N–H and O–H groups in total. The van der Waals surface area contributed by atoms with E-state index >= 15 is 0 Å². The van der Waals surface area contributed by atoms with Gasteiger partial charge in [0.05, 0.1) is 18.0 Å². The second-order valence-corrected chi connectivity index (χ2v) is 5.00. The van der Waals surface area contributed by atoms with Crippen LogP contribution in [0.3, 0.4) is 0 Å². The van der Waals surface area contributed by atoms with Gasteiger partial charge in [-0.2, -0.15) is 5.26 Å². The minimum Gasteiger partial charge on any atom is -0.495 e. The first-order chi connectivity index (χ1) is 11.1. The SMILES string of the molecule is C=c1ccn(-c2ccc(C#N)c(OC)c2)/c1=C/C=C(C)C.CO. The van der Waals surface area contributed by atoms with Crippen LogP contribution in [0.2, 0.25) is 0 Å². The molecule has 0 saturated carbocycles. The van der Waals surface area contributed by atoms with Gasteiger partial charge in [-0.05, 0) is 43.3 Å². The first kappa shape index (κ1) is 18.3. The molecule has 0 amide bonds. The van der Waals surface area contributed by atoms with Gasteiger partial charge in [-0.1, -0.05) is 18.2 Å². The van der Waals surface area contributed by atoms with Gasteiger partial charge in [0.15, 0.2) is 0 Å². The Balaban J connectivity index is 0.00000127. The number of hydrogen-bond acceptors (Lipinski definition) is 3. The molecule has 0 saturated heterocycles. The molecule has 0 bridgehead atoms. The van der Waals surface area contributed by atoms with E-state index < -0.39 is 0 Å². The Bertz CT molecular complexity index is 835. The van der Waals surface area contributed by atoms with Crippen molar-refractivity contribution in [3.63, 3.8) is 0 Å². The summed E-state index contributed by atoms with van der Waals surface area (Å²) in [6, 6.07) is 9.62. The second-order valence-electron chi connectivity index (χ2n) is 5.00. The van der Waals surface area contributed by atoms with E-state index in [0.29, 0.717) is 11.3 Å². The molecule has 23 heavy (non-hydrogen) atoms. The van der Waals surface area contributed by atoms with Crippen LogP contribution in [0.4, 0.5) is 0 Å². The molecule has 1 aromatic heterocycles.